The monoisotopic (exact) mass is 241 g/mol. The number of carbonyl (C=O) groups excluding carboxylic acids is 1. The molecule has 2 heterocycles. The molecule has 2 aliphatic heterocycles. The smallest absolute Gasteiger partial charge is 0.224 e. The number of carbonyl (C=O) groups is 1. The Labute approximate surface area is 103 Å². The van der Waals surface area contributed by atoms with E-state index in [-0.39, 0.29) is 11.9 Å². The number of ether oxygens (including phenoxy) is 1. The highest BCUT2D eigenvalue weighted by Gasteiger charge is 2.28. The van der Waals surface area contributed by atoms with Crippen LogP contribution in [0.3, 0.4) is 0 Å². The van der Waals surface area contributed by atoms with Crippen LogP contribution in [0.1, 0.15) is 12.8 Å². The molecule has 98 valence electrons. The average molecular weight is 241 g/mol. The Morgan fingerprint density at radius 3 is 3.00 bits per heavy atom. The summed E-state index contributed by atoms with van der Waals surface area (Å²) in [4.78, 5) is 16.3. The summed E-state index contributed by atoms with van der Waals surface area (Å²) in [7, 11) is 4.03. The Morgan fingerprint density at radius 2 is 2.41 bits per heavy atom. The van der Waals surface area contributed by atoms with E-state index in [4.69, 9.17) is 4.74 Å². The molecule has 0 aromatic carbocycles. The van der Waals surface area contributed by atoms with Gasteiger partial charge in [0.1, 0.15) is 0 Å². The molecule has 5 heteroatoms. The fourth-order valence-corrected chi connectivity index (χ4v) is 2.54. The van der Waals surface area contributed by atoms with Crippen LogP contribution in [-0.2, 0) is 9.53 Å². The lowest BCUT2D eigenvalue weighted by molar-refractivity contribution is -0.133. The van der Waals surface area contributed by atoms with Crippen molar-refractivity contribution in [2.75, 3.05) is 46.9 Å². The lowest BCUT2D eigenvalue weighted by Crippen LogP contribution is -2.46. The summed E-state index contributed by atoms with van der Waals surface area (Å²) in [5, 5.41) is 3.32. The summed E-state index contributed by atoms with van der Waals surface area (Å²) < 4.78 is 5.36. The van der Waals surface area contributed by atoms with E-state index in [1.807, 2.05) is 11.9 Å². The Kier molecular flexibility index (Phi) is 4.36. The molecule has 0 aliphatic carbocycles. The third-order valence-electron chi connectivity index (χ3n) is 3.73. The zero-order chi connectivity index (χ0) is 12.3. The van der Waals surface area contributed by atoms with Crippen LogP contribution in [0.15, 0.2) is 0 Å². The fraction of sp³-hybridized carbons (Fsp3) is 0.917. The van der Waals surface area contributed by atoms with E-state index in [0.29, 0.717) is 19.1 Å². The second-order valence-electron chi connectivity index (χ2n) is 5.14. The van der Waals surface area contributed by atoms with Crippen LogP contribution in [0.5, 0.6) is 0 Å². The molecule has 2 rings (SSSR count). The molecule has 0 aromatic heterocycles. The van der Waals surface area contributed by atoms with E-state index >= 15 is 0 Å². The first-order chi connectivity index (χ1) is 8.16. The van der Waals surface area contributed by atoms with E-state index in [0.717, 1.165) is 32.7 Å². The second-order valence-corrected chi connectivity index (χ2v) is 5.14. The van der Waals surface area contributed by atoms with Crippen molar-refractivity contribution in [3.8, 4) is 0 Å². The molecule has 17 heavy (non-hydrogen) atoms. The van der Waals surface area contributed by atoms with Crippen molar-refractivity contribution < 1.29 is 9.53 Å². The number of morpholine rings is 1. The lowest BCUT2D eigenvalue weighted by Gasteiger charge is -2.28. The van der Waals surface area contributed by atoms with Gasteiger partial charge in [0.2, 0.25) is 5.91 Å². The van der Waals surface area contributed by atoms with Crippen LogP contribution in [0, 0.1) is 0 Å². The van der Waals surface area contributed by atoms with Gasteiger partial charge in [0, 0.05) is 38.6 Å². The van der Waals surface area contributed by atoms with Gasteiger partial charge in [0.05, 0.1) is 13.2 Å². The summed E-state index contributed by atoms with van der Waals surface area (Å²) in [5.41, 5.74) is 0. The van der Waals surface area contributed by atoms with Crippen molar-refractivity contribution in [2.45, 2.75) is 24.9 Å². The quantitative estimate of drug-likeness (QED) is 0.725. The van der Waals surface area contributed by atoms with Gasteiger partial charge in [0.15, 0.2) is 0 Å². The molecule has 1 amide bonds. The van der Waals surface area contributed by atoms with E-state index in [1.165, 1.54) is 0 Å². The van der Waals surface area contributed by atoms with Crippen LogP contribution >= 0.6 is 0 Å². The number of likely N-dealkylation sites (N-methyl/N-ethyl adjacent to an activating group) is 2. The van der Waals surface area contributed by atoms with E-state index in [2.05, 4.69) is 17.3 Å². The maximum Gasteiger partial charge on any atom is 0.224 e. The lowest BCUT2D eigenvalue weighted by atomic mass is 10.1. The topological polar surface area (TPSA) is 44.8 Å². The SMILES string of the molecule is CN1CCC(N(C)C(=O)CC2COCCN2)C1. The van der Waals surface area contributed by atoms with Crippen molar-refractivity contribution in [3.05, 3.63) is 0 Å². The molecular formula is C12H23N3O2. The molecule has 2 unspecified atom stereocenters. The van der Waals surface area contributed by atoms with Gasteiger partial charge in [-0.05, 0) is 20.0 Å². The number of rotatable bonds is 3. The van der Waals surface area contributed by atoms with Crippen molar-refractivity contribution in [2.24, 2.45) is 0 Å². The van der Waals surface area contributed by atoms with Crippen molar-refractivity contribution in [3.63, 3.8) is 0 Å². The Balaban J connectivity index is 1.78. The van der Waals surface area contributed by atoms with Gasteiger partial charge in [-0.15, -0.1) is 0 Å². The highest BCUT2D eigenvalue weighted by molar-refractivity contribution is 5.77. The van der Waals surface area contributed by atoms with Crippen molar-refractivity contribution in [1.29, 1.82) is 0 Å². The van der Waals surface area contributed by atoms with Crippen LogP contribution in [0.25, 0.3) is 0 Å². The molecular weight excluding hydrogens is 218 g/mol. The standard InChI is InChI=1S/C12H23N3O2/c1-14-5-3-11(8-14)15(2)12(16)7-10-9-17-6-4-13-10/h10-11,13H,3-9H2,1-2H3. The summed E-state index contributed by atoms with van der Waals surface area (Å²) in [6.45, 7) is 4.36. The van der Waals surface area contributed by atoms with Crippen LogP contribution in [0.4, 0.5) is 0 Å². The fourth-order valence-electron chi connectivity index (χ4n) is 2.54. The molecule has 2 atom stereocenters. The van der Waals surface area contributed by atoms with Crippen molar-refractivity contribution in [1.82, 2.24) is 15.1 Å². The Hall–Kier alpha value is -0.650. The third kappa shape index (κ3) is 3.40. The Bertz CT molecular complexity index is 266. The summed E-state index contributed by atoms with van der Waals surface area (Å²) in [6, 6.07) is 0.579. The first-order valence-electron chi connectivity index (χ1n) is 6.42. The highest BCUT2D eigenvalue weighted by Crippen LogP contribution is 2.14. The number of nitrogens with zero attached hydrogens (tertiary/aromatic N) is 2. The van der Waals surface area contributed by atoms with Gasteiger partial charge >= 0.3 is 0 Å². The predicted octanol–water partition coefficient (Wildman–Crippen LogP) is -0.473. The van der Waals surface area contributed by atoms with E-state index in [9.17, 15) is 4.79 Å². The Morgan fingerprint density at radius 1 is 1.59 bits per heavy atom. The molecule has 2 saturated heterocycles. The summed E-state index contributed by atoms with van der Waals surface area (Å²) >= 11 is 0. The molecule has 0 spiro atoms. The minimum Gasteiger partial charge on any atom is -0.378 e. The summed E-state index contributed by atoms with van der Waals surface area (Å²) in [6.07, 6.45) is 1.64. The van der Waals surface area contributed by atoms with Crippen molar-refractivity contribution >= 4 is 5.91 Å². The number of amides is 1. The van der Waals surface area contributed by atoms with Gasteiger partial charge in [0.25, 0.3) is 0 Å². The molecule has 0 bridgehead atoms. The maximum atomic E-state index is 12.1. The molecule has 2 aliphatic rings. The highest BCUT2D eigenvalue weighted by atomic mass is 16.5. The van der Waals surface area contributed by atoms with Gasteiger partial charge in [-0.3, -0.25) is 4.79 Å². The first-order valence-corrected chi connectivity index (χ1v) is 6.42. The first kappa shape index (κ1) is 12.8. The zero-order valence-electron chi connectivity index (χ0n) is 10.8. The summed E-state index contributed by atoms with van der Waals surface area (Å²) in [5.74, 6) is 0.230. The third-order valence-corrected chi connectivity index (χ3v) is 3.73. The maximum absolute atomic E-state index is 12.1. The van der Waals surface area contributed by atoms with Gasteiger partial charge in [-0.1, -0.05) is 0 Å². The van der Waals surface area contributed by atoms with E-state index < -0.39 is 0 Å². The predicted molar refractivity (Wildman–Crippen MR) is 65.9 cm³/mol. The number of nitrogens with one attached hydrogen (secondary N) is 1. The number of hydrogen-bond donors (Lipinski definition) is 1. The molecule has 2 fully saturated rings. The molecule has 5 nitrogen and oxygen atoms in total. The normalized spacial score (nSPS) is 30.5. The van der Waals surface area contributed by atoms with Gasteiger partial charge < -0.3 is 19.9 Å². The second kappa shape index (κ2) is 5.80. The van der Waals surface area contributed by atoms with E-state index in [1.54, 1.807) is 0 Å². The molecule has 0 radical (unpaired) electrons. The number of likely N-dealkylation sites (tertiary alicyclic amines) is 1. The minimum atomic E-state index is 0.192. The van der Waals surface area contributed by atoms with Crippen LogP contribution in [0.2, 0.25) is 0 Å². The minimum absolute atomic E-state index is 0.192. The van der Waals surface area contributed by atoms with Gasteiger partial charge in [-0.2, -0.15) is 0 Å². The van der Waals surface area contributed by atoms with Crippen LogP contribution in [-0.4, -0.2) is 74.7 Å². The van der Waals surface area contributed by atoms with Gasteiger partial charge in [-0.25, -0.2) is 0 Å². The largest absolute Gasteiger partial charge is 0.378 e. The molecule has 0 saturated carbocycles. The zero-order valence-corrected chi connectivity index (χ0v) is 10.8. The molecule has 0 aromatic rings. The van der Waals surface area contributed by atoms with Crippen LogP contribution < -0.4 is 5.32 Å². The molecule has 1 N–H and O–H groups in total. The number of hydrogen-bond acceptors (Lipinski definition) is 4. The average Bonchev–Trinajstić information content (AvgIpc) is 2.76.